The lowest BCUT2D eigenvalue weighted by atomic mass is 10.1. The number of furan rings is 1. The van der Waals surface area contributed by atoms with Crippen molar-refractivity contribution in [3.8, 4) is 0 Å². The second-order valence-corrected chi connectivity index (χ2v) is 5.85. The fraction of sp³-hybridized carbons (Fsp3) is 0.353. The molecular formula is C17H19N3O4. The smallest absolute Gasteiger partial charge is 0.269 e. The molecule has 0 aliphatic carbocycles. The Balaban J connectivity index is 1.58. The standard InChI is InChI=1S/C17H19N3O4/c21-17(18-11-15-3-2-10-24-15)16-4-1-9-19(16)12-13-5-7-14(8-6-13)20(22)23/h2-3,5-8,10,16H,1,4,9,11-12H2,(H,18,21). The molecule has 1 atom stereocenters. The molecule has 1 saturated heterocycles. The van der Waals surface area contributed by atoms with E-state index in [1.165, 1.54) is 12.1 Å². The first kappa shape index (κ1) is 16.2. The van der Waals surface area contributed by atoms with Gasteiger partial charge in [0.25, 0.3) is 5.69 Å². The van der Waals surface area contributed by atoms with E-state index in [4.69, 9.17) is 4.42 Å². The molecule has 1 aliphatic rings. The van der Waals surface area contributed by atoms with Crippen LogP contribution >= 0.6 is 0 Å². The molecule has 2 aromatic rings. The van der Waals surface area contributed by atoms with Crippen molar-refractivity contribution < 1.29 is 14.1 Å². The van der Waals surface area contributed by atoms with E-state index in [1.807, 2.05) is 6.07 Å². The van der Waals surface area contributed by atoms with Gasteiger partial charge in [-0.3, -0.25) is 19.8 Å². The molecule has 1 aliphatic heterocycles. The number of non-ortho nitro benzene ring substituents is 1. The number of hydrogen-bond donors (Lipinski definition) is 1. The van der Waals surface area contributed by atoms with Crippen molar-refractivity contribution in [2.75, 3.05) is 6.54 Å². The van der Waals surface area contributed by atoms with Crippen molar-refractivity contribution in [2.24, 2.45) is 0 Å². The van der Waals surface area contributed by atoms with Crippen LogP contribution in [0.5, 0.6) is 0 Å². The number of likely N-dealkylation sites (tertiary alicyclic amines) is 1. The molecule has 7 heteroatoms. The number of amides is 1. The van der Waals surface area contributed by atoms with Gasteiger partial charge < -0.3 is 9.73 Å². The Morgan fingerprint density at radius 2 is 2.12 bits per heavy atom. The van der Waals surface area contributed by atoms with Gasteiger partial charge in [0.05, 0.1) is 23.8 Å². The van der Waals surface area contributed by atoms with Crippen LogP contribution in [0.2, 0.25) is 0 Å². The maximum absolute atomic E-state index is 12.4. The highest BCUT2D eigenvalue weighted by Crippen LogP contribution is 2.21. The second kappa shape index (κ2) is 7.27. The summed E-state index contributed by atoms with van der Waals surface area (Å²) in [5.41, 5.74) is 1.04. The van der Waals surface area contributed by atoms with Gasteiger partial charge in [-0.2, -0.15) is 0 Å². The van der Waals surface area contributed by atoms with E-state index in [9.17, 15) is 14.9 Å². The Kier molecular flexibility index (Phi) is 4.90. The molecule has 1 amide bonds. The van der Waals surface area contributed by atoms with Crippen LogP contribution in [-0.4, -0.2) is 28.3 Å². The summed E-state index contributed by atoms with van der Waals surface area (Å²) in [5, 5.41) is 13.6. The number of carbonyl (C=O) groups is 1. The Morgan fingerprint density at radius 3 is 2.79 bits per heavy atom. The van der Waals surface area contributed by atoms with Gasteiger partial charge in [0.2, 0.25) is 5.91 Å². The topological polar surface area (TPSA) is 88.6 Å². The highest BCUT2D eigenvalue weighted by Gasteiger charge is 2.30. The average Bonchev–Trinajstić information content (AvgIpc) is 3.25. The Morgan fingerprint density at radius 1 is 1.33 bits per heavy atom. The Labute approximate surface area is 139 Å². The minimum atomic E-state index is -0.412. The molecule has 0 bridgehead atoms. The number of rotatable bonds is 6. The van der Waals surface area contributed by atoms with Crippen LogP contribution in [0, 0.1) is 10.1 Å². The van der Waals surface area contributed by atoms with Crippen molar-refractivity contribution in [3.63, 3.8) is 0 Å². The largest absolute Gasteiger partial charge is 0.467 e. The van der Waals surface area contributed by atoms with Crippen molar-refractivity contribution >= 4 is 11.6 Å². The zero-order valence-corrected chi connectivity index (χ0v) is 13.2. The van der Waals surface area contributed by atoms with E-state index >= 15 is 0 Å². The van der Waals surface area contributed by atoms with Crippen molar-refractivity contribution in [2.45, 2.75) is 32.0 Å². The van der Waals surface area contributed by atoms with Crippen LogP contribution < -0.4 is 5.32 Å². The number of carbonyl (C=O) groups excluding carboxylic acids is 1. The second-order valence-electron chi connectivity index (χ2n) is 5.85. The molecule has 7 nitrogen and oxygen atoms in total. The predicted molar refractivity (Wildman–Crippen MR) is 87.1 cm³/mol. The number of hydrogen-bond acceptors (Lipinski definition) is 5. The van der Waals surface area contributed by atoms with Crippen LogP contribution in [0.1, 0.15) is 24.2 Å². The zero-order valence-electron chi connectivity index (χ0n) is 13.2. The lowest BCUT2D eigenvalue weighted by Gasteiger charge is -2.23. The third-order valence-electron chi connectivity index (χ3n) is 4.22. The fourth-order valence-corrected chi connectivity index (χ4v) is 2.98. The van der Waals surface area contributed by atoms with Gasteiger partial charge in [-0.05, 0) is 37.1 Å². The molecule has 1 unspecified atom stereocenters. The minimum Gasteiger partial charge on any atom is -0.467 e. The summed E-state index contributed by atoms with van der Waals surface area (Å²) in [6.45, 7) is 1.83. The number of nitro benzene ring substituents is 1. The molecule has 3 rings (SSSR count). The SMILES string of the molecule is O=C(NCc1ccco1)C1CCCN1Cc1ccc([N+](=O)[O-])cc1. The summed E-state index contributed by atoms with van der Waals surface area (Å²) in [5.74, 6) is 0.717. The number of benzene rings is 1. The molecule has 24 heavy (non-hydrogen) atoms. The van der Waals surface area contributed by atoms with Crippen LogP contribution in [0.25, 0.3) is 0 Å². The normalized spacial score (nSPS) is 17.8. The summed E-state index contributed by atoms with van der Waals surface area (Å²) in [6.07, 6.45) is 3.36. The summed E-state index contributed by atoms with van der Waals surface area (Å²) in [7, 11) is 0. The van der Waals surface area contributed by atoms with Gasteiger partial charge in [-0.15, -0.1) is 0 Å². The molecule has 126 valence electrons. The number of nitrogens with zero attached hydrogens (tertiary/aromatic N) is 2. The quantitative estimate of drug-likeness (QED) is 0.649. The lowest BCUT2D eigenvalue weighted by molar-refractivity contribution is -0.384. The third-order valence-corrected chi connectivity index (χ3v) is 4.22. The summed E-state index contributed by atoms with van der Waals surface area (Å²) < 4.78 is 5.22. The molecule has 1 aromatic heterocycles. The monoisotopic (exact) mass is 329 g/mol. The molecule has 0 spiro atoms. The zero-order chi connectivity index (χ0) is 16.9. The highest BCUT2D eigenvalue weighted by atomic mass is 16.6. The number of nitro groups is 1. The summed E-state index contributed by atoms with van der Waals surface area (Å²) in [6, 6.07) is 9.92. The third kappa shape index (κ3) is 3.80. The Hall–Kier alpha value is -2.67. The van der Waals surface area contributed by atoms with Crippen LogP contribution in [0.15, 0.2) is 47.1 Å². The molecule has 1 aromatic carbocycles. The molecule has 0 saturated carbocycles. The fourth-order valence-electron chi connectivity index (χ4n) is 2.98. The van der Waals surface area contributed by atoms with Crippen LogP contribution in [0.3, 0.4) is 0 Å². The summed E-state index contributed by atoms with van der Waals surface area (Å²) >= 11 is 0. The first-order chi connectivity index (χ1) is 11.6. The van der Waals surface area contributed by atoms with Gasteiger partial charge in [-0.25, -0.2) is 0 Å². The van der Waals surface area contributed by atoms with E-state index in [2.05, 4.69) is 10.2 Å². The first-order valence-electron chi connectivity index (χ1n) is 7.91. The minimum absolute atomic E-state index is 0.00851. The van der Waals surface area contributed by atoms with Gasteiger partial charge in [0.15, 0.2) is 0 Å². The average molecular weight is 329 g/mol. The van der Waals surface area contributed by atoms with Crippen molar-refractivity contribution in [3.05, 3.63) is 64.1 Å². The van der Waals surface area contributed by atoms with Crippen molar-refractivity contribution in [1.82, 2.24) is 10.2 Å². The van der Waals surface area contributed by atoms with E-state index in [1.54, 1.807) is 24.5 Å². The van der Waals surface area contributed by atoms with E-state index < -0.39 is 4.92 Å². The number of nitrogens with one attached hydrogen (secondary N) is 1. The summed E-state index contributed by atoms with van der Waals surface area (Å²) in [4.78, 5) is 24.8. The lowest BCUT2D eigenvalue weighted by Crippen LogP contribution is -2.42. The van der Waals surface area contributed by atoms with E-state index in [-0.39, 0.29) is 17.6 Å². The maximum atomic E-state index is 12.4. The molecule has 2 heterocycles. The molecular weight excluding hydrogens is 310 g/mol. The first-order valence-corrected chi connectivity index (χ1v) is 7.91. The van der Waals surface area contributed by atoms with Gasteiger partial charge in [0.1, 0.15) is 5.76 Å². The molecule has 0 radical (unpaired) electrons. The van der Waals surface area contributed by atoms with Gasteiger partial charge in [-0.1, -0.05) is 12.1 Å². The maximum Gasteiger partial charge on any atom is 0.269 e. The van der Waals surface area contributed by atoms with Crippen LogP contribution in [-0.2, 0) is 17.9 Å². The van der Waals surface area contributed by atoms with Crippen LogP contribution in [0.4, 0.5) is 5.69 Å². The highest BCUT2D eigenvalue weighted by molar-refractivity contribution is 5.81. The molecule has 1 N–H and O–H groups in total. The van der Waals surface area contributed by atoms with E-state index in [0.717, 1.165) is 30.7 Å². The van der Waals surface area contributed by atoms with Gasteiger partial charge >= 0.3 is 0 Å². The van der Waals surface area contributed by atoms with Crippen molar-refractivity contribution in [1.29, 1.82) is 0 Å². The van der Waals surface area contributed by atoms with Gasteiger partial charge in [0, 0.05) is 18.7 Å². The predicted octanol–water partition coefficient (Wildman–Crippen LogP) is 2.47. The Bertz CT molecular complexity index is 697. The molecule has 1 fully saturated rings. The van der Waals surface area contributed by atoms with E-state index in [0.29, 0.717) is 13.1 Å².